The average molecular weight is 779 g/mol. The summed E-state index contributed by atoms with van der Waals surface area (Å²) in [5, 5.41) is 14.4. The monoisotopic (exact) mass is 778 g/mol. The Balaban J connectivity index is 1.37. The summed E-state index contributed by atoms with van der Waals surface area (Å²) in [6, 6.07) is 11.2. The zero-order valence-corrected chi connectivity index (χ0v) is 34.0. The van der Waals surface area contributed by atoms with Gasteiger partial charge in [0, 0.05) is 90.9 Å². The molecule has 12 heteroatoms. The van der Waals surface area contributed by atoms with Gasteiger partial charge in [-0.3, -0.25) is 19.4 Å². The maximum absolute atomic E-state index is 15.2. The molecule has 302 valence electrons. The van der Waals surface area contributed by atoms with Gasteiger partial charge in [-0.1, -0.05) is 55.8 Å². The number of carbonyl (C=O) groups excluding carboxylic acids is 3. The Morgan fingerprint density at radius 1 is 1.00 bits per heavy atom. The van der Waals surface area contributed by atoms with Gasteiger partial charge in [-0.15, -0.1) is 0 Å². The number of nitrogens with zero attached hydrogens (tertiary/aromatic N) is 3. The molecule has 2 fully saturated rings. The lowest BCUT2D eigenvalue weighted by Gasteiger charge is -2.63. The second-order valence-corrected chi connectivity index (χ2v) is 17.2. The van der Waals surface area contributed by atoms with Crippen LogP contribution in [0.25, 0.3) is 10.9 Å². The van der Waals surface area contributed by atoms with Gasteiger partial charge >= 0.3 is 17.9 Å². The second-order valence-electron chi connectivity index (χ2n) is 17.2. The molecule has 12 nitrogen and oxygen atoms in total. The topological polar surface area (TPSA) is 134 Å². The number of fused-ring (bicyclic) bond motifs is 6. The molecule has 6 heterocycles. The summed E-state index contributed by atoms with van der Waals surface area (Å²) in [6.45, 7) is 9.19. The fourth-order valence-electron chi connectivity index (χ4n) is 12.8. The van der Waals surface area contributed by atoms with E-state index in [1.807, 2.05) is 37.1 Å². The molecule has 1 saturated heterocycles. The van der Waals surface area contributed by atoms with Gasteiger partial charge in [-0.2, -0.15) is 0 Å². The fourth-order valence-corrected chi connectivity index (χ4v) is 12.8. The minimum Gasteiger partial charge on any atom is -0.496 e. The van der Waals surface area contributed by atoms with E-state index in [0.717, 1.165) is 52.9 Å². The first-order chi connectivity index (χ1) is 27.4. The van der Waals surface area contributed by atoms with E-state index in [2.05, 4.69) is 58.1 Å². The number of methoxy groups -OCH3 is 3. The van der Waals surface area contributed by atoms with Gasteiger partial charge in [-0.05, 0) is 61.4 Å². The smallest absolute Gasteiger partial charge is 0.344 e. The normalized spacial score (nSPS) is 34.9. The lowest BCUT2D eigenvalue weighted by molar-refractivity contribution is -0.228. The van der Waals surface area contributed by atoms with E-state index in [-0.39, 0.29) is 17.9 Å². The molecule has 9 rings (SSSR count). The number of carbonyl (C=O) groups is 3. The highest BCUT2D eigenvalue weighted by Crippen LogP contribution is 2.68. The summed E-state index contributed by atoms with van der Waals surface area (Å²) >= 11 is 0. The summed E-state index contributed by atoms with van der Waals surface area (Å²) in [5.74, 6) is -1.31. The molecule has 0 radical (unpaired) electrons. The molecule has 57 heavy (non-hydrogen) atoms. The van der Waals surface area contributed by atoms with E-state index >= 15 is 4.79 Å². The van der Waals surface area contributed by atoms with Crippen molar-refractivity contribution in [3.05, 3.63) is 82.6 Å². The number of H-pyrrole nitrogens is 1. The van der Waals surface area contributed by atoms with Crippen molar-refractivity contribution < 1.29 is 38.4 Å². The van der Waals surface area contributed by atoms with E-state index in [1.165, 1.54) is 26.7 Å². The highest BCUT2D eigenvalue weighted by atomic mass is 16.6. The van der Waals surface area contributed by atoms with Crippen molar-refractivity contribution in [1.29, 1.82) is 0 Å². The Bertz CT molecular complexity index is 2250. The number of rotatable bonds is 7. The highest BCUT2D eigenvalue weighted by molar-refractivity contribution is 5.95. The van der Waals surface area contributed by atoms with Crippen LogP contribution in [0.1, 0.15) is 68.8 Å². The standard InChI is InChI=1S/C45H54N4O8/c1-8-27-19-28-22-44(40(51)55-6,36-30(25-48(23-27)24-28)29-13-10-11-14-33(29)46-36)32-20-31-34(21-35(32)54-5)47(4)38-43(31)16-18-49-17-12-15-42(9-2,37(43)49)39(57-26(3)50)45(38,53)41(52)56-7/h10-15,19-21,28,37-39,46,53H,8-9,16-18,22-25H2,1-7H3/t28?,37-,38+,39+,42+,43+,44-,45-/m0/s1. The number of hydrogen-bond acceptors (Lipinski definition) is 11. The molecule has 2 N–H and O–H groups in total. The molecule has 1 aromatic heterocycles. The number of aromatic amines is 1. The van der Waals surface area contributed by atoms with Crippen molar-refractivity contribution in [3.8, 4) is 5.75 Å². The van der Waals surface area contributed by atoms with Crippen LogP contribution in [0.4, 0.5) is 5.69 Å². The van der Waals surface area contributed by atoms with Gasteiger partial charge in [0.05, 0.1) is 27.4 Å². The zero-order chi connectivity index (χ0) is 40.2. The third kappa shape index (κ3) is 4.80. The molecule has 0 amide bonds. The average Bonchev–Trinajstić information content (AvgIpc) is 3.87. The number of esters is 3. The van der Waals surface area contributed by atoms with Crippen LogP contribution in [0.3, 0.4) is 0 Å². The number of aromatic nitrogens is 1. The minimum atomic E-state index is -2.27. The molecule has 9 atom stereocenters. The van der Waals surface area contributed by atoms with Crippen molar-refractivity contribution in [2.45, 2.75) is 87.6 Å². The number of ether oxygens (including phenoxy) is 4. The SMILES string of the molecule is CCC1=CC2CN(C1)Cc1c([nH]c3ccccc13)[C@@](C(=O)OC)(c1cc3c(cc1OC)N(C)[C@H]1[C@@](O)(C(=O)OC)[C@H](OC(C)=O)[C@]4(CC)C=CCN5CC[C@]31[C@@H]54)C2. The first-order valence-electron chi connectivity index (χ1n) is 20.3. The highest BCUT2D eigenvalue weighted by Gasteiger charge is 2.80. The predicted octanol–water partition coefficient (Wildman–Crippen LogP) is 4.75. The summed E-state index contributed by atoms with van der Waals surface area (Å²) in [5.41, 5.74) is 1.05. The summed E-state index contributed by atoms with van der Waals surface area (Å²) < 4.78 is 23.9. The third-order valence-electron chi connectivity index (χ3n) is 14.8. The van der Waals surface area contributed by atoms with E-state index in [1.54, 1.807) is 7.11 Å². The number of hydrogen-bond donors (Lipinski definition) is 2. The van der Waals surface area contributed by atoms with Crippen molar-refractivity contribution >= 4 is 34.5 Å². The Labute approximate surface area is 333 Å². The fraction of sp³-hybridized carbons (Fsp3) is 0.533. The largest absolute Gasteiger partial charge is 0.496 e. The molecule has 5 aliphatic heterocycles. The maximum Gasteiger partial charge on any atom is 0.344 e. The van der Waals surface area contributed by atoms with E-state index in [4.69, 9.17) is 18.9 Å². The molecule has 2 aromatic carbocycles. The van der Waals surface area contributed by atoms with E-state index in [0.29, 0.717) is 50.2 Å². The van der Waals surface area contributed by atoms with Crippen LogP contribution in [0.15, 0.2) is 60.2 Å². The van der Waals surface area contributed by atoms with Crippen LogP contribution in [0.5, 0.6) is 5.75 Å². The summed E-state index contributed by atoms with van der Waals surface area (Å²) in [7, 11) is 6.22. The van der Waals surface area contributed by atoms with Gasteiger partial charge in [0.2, 0.25) is 5.60 Å². The van der Waals surface area contributed by atoms with Gasteiger partial charge in [0.25, 0.3) is 0 Å². The number of anilines is 1. The first-order valence-corrected chi connectivity index (χ1v) is 20.3. The maximum atomic E-state index is 15.2. The van der Waals surface area contributed by atoms with Crippen molar-refractivity contribution in [2.24, 2.45) is 11.3 Å². The molecule has 1 spiro atoms. The third-order valence-corrected chi connectivity index (χ3v) is 14.8. The Morgan fingerprint density at radius 2 is 1.77 bits per heavy atom. The Hall–Kier alpha value is -4.65. The van der Waals surface area contributed by atoms with Gasteiger partial charge in [0.15, 0.2) is 6.10 Å². The summed E-state index contributed by atoms with van der Waals surface area (Å²) in [6.07, 6.45) is 7.67. The first kappa shape index (κ1) is 37.9. The van der Waals surface area contributed by atoms with E-state index < -0.39 is 45.9 Å². The molecule has 1 aliphatic carbocycles. The predicted molar refractivity (Wildman–Crippen MR) is 214 cm³/mol. The van der Waals surface area contributed by atoms with Crippen LogP contribution in [0.2, 0.25) is 0 Å². The molecular formula is C45H54N4O8. The molecule has 1 saturated carbocycles. The van der Waals surface area contributed by atoms with Gasteiger partial charge in [0.1, 0.15) is 11.2 Å². The van der Waals surface area contributed by atoms with Crippen LogP contribution in [-0.2, 0) is 46.0 Å². The van der Waals surface area contributed by atoms with Crippen LogP contribution in [0, 0.1) is 11.3 Å². The van der Waals surface area contributed by atoms with Crippen LogP contribution < -0.4 is 9.64 Å². The summed E-state index contributed by atoms with van der Waals surface area (Å²) in [4.78, 5) is 53.1. The number of benzene rings is 2. The lowest BCUT2D eigenvalue weighted by Crippen LogP contribution is -2.81. The number of para-hydroxylation sites is 1. The molecule has 2 bridgehead atoms. The second kappa shape index (κ2) is 13.2. The van der Waals surface area contributed by atoms with Crippen LogP contribution in [-0.4, -0.2) is 116 Å². The zero-order valence-electron chi connectivity index (χ0n) is 34.0. The number of nitrogens with one attached hydrogen (secondary N) is 1. The van der Waals surface area contributed by atoms with E-state index in [9.17, 15) is 14.7 Å². The lowest BCUT2D eigenvalue weighted by atomic mass is 9.47. The molecule has 2 unspecified atom stereocenters. The minimum absolute atomic E-state index is 0.0284. The molecule has 3 aromatic rings. The van der Waals surface area contributed by atoms with Crippen LogP contribution >= 0.6 is 0 Å². The van der Waals surface area contributed by atoms with Gasteiger partial charge < -0.3 is 33.9 Å². The Kier molecular flexibility index (Phi) is 8.77. The van der Waals surface area contributed by atoms with Gasteiger partial charge in [-0.25, -0.2) is 4.79 Å². The quantitative estimate of drug-likeness (QED) is 0.196. The van der Waals surface area contributed by atoms with Crippen molar-refractivity contribution in [2.75, 3.05) is 59.5 Å². The molecule has 6 aliphatic rings. The Morgan fingerprint density at radius 3 is 2.47 bits per heavy atom. The number of likely N-dealkylation sites (N-methyl/N-ethyl adjacent to an activating group) is 1. The number of aliphatic hydroxyl groups is 1. The molecular weight excluding hydrogens is 725 g/mol. The van der Waals surface area contributed by atoms with Crippen molar-refractivity contribution in [3.63, 3.8) is 0 Å². The van der Waals surface area contributed by atoms with Crippen molar-refractivity contribution in [1.82, 2.24) is 14.8 Å².